The summed E-state index contributed by atoms with van der Waals surface area (Å²) in [4.78, 5) is 0. The van der Waals surface area contributed by atoms with Gasteiger partial charge in [0.1, 0.15) is 0 Å². The van der Waals surface area contributed by atoms with Crippen LogP contribution in [0.5, 0.6) is 0 Å². The second-order valence-electron chi connectivity index (χ2n) is 0.454. The van der Waals surface area contributed by atoms with Crippen molar-refractivity contribution in [2.45, 2.75) is 0 Å². The van der Waals surface area contributed by atoms with Gasteiger partial charge in [-0.25, -0.2) is 13.3 Å². The molecule has 0 aliphatic carbocycles. The quantitative estimate of drug-likeness (QED) is 0.407. The highest BCUT2D eigenvalue weighted by Gasteiger charge is 1.93. The molecular formula is HO4PS. The molecule has 0 bridgehead atoms. The zero-order chi connectivity index (χ0) is 5.15. The molecule has 6 heavy (non-hydrogen) atoms. The zero-order valence-electron chi connectivity index (χ0n) is 2.53. The molecule has 0 radical (unpaired) electrons. The van der Waals surface area contributed by atoms with Gasteiger partial charge in [-0.15, -0.1) is 0 Å². The van der Waals surface area contributed by atoms with Crippen LogP contribution in [0.15, 0.2) is 0 Å². The summed E-state index contributed by atoms with van der Waals surface area (Å²) in [6.45, 7) is -3.13. The van der Waals surface area contributed by atoms with Crippen molar-refractivity contribution in [1.29, 1.82) is 0 Å². The Hall–Kier alpha value is 0.01000. The molecule has 0 aliphatic rings. The summed E-state index contributed by atoms with van der Waals surface area (Å²) in [6.07, 6.45) is 0. The highest BCUT2D eigenvalue weighted by molar-refractivity contribution is 8.34. The summed E-state index contributed by atoms with van der Waals surface area (Å²) in [7, 11) is -2.66. The largest absolute Gasteiger partial charge is 0.435 e. The van der Waals surface area contributed by atoms with Crippen LogP contribution in [0.25, 0.3) is 0 Å². The first kappa shape index (κ1) is 6.01. The van der Waals surface area contributed by atoms with Crippen LogP contribution < -0.4 is 0 Å². The summed E-state index contributed by atoms with van der Waals surface area (Å²) in [5.74, 6) is 0. The van der Waals surface area contributed by atoms with E-state index in [0.29, 0.717) is 0 Å². The van der Waals surface area contributed by atoms with Gasteiger partial charge in [0.15, 0.2) is 0 Å². The van der Waals surface area contributed by atoms with Crippen molar-refractivity contribution in [3.05, 3.63) is 0 Å². The monoisotopic (exact) mass is 128 g/mol. The summed E-state index contributed by atoms with van der Waals surface area (Å²) in [6, 6.07) is 0. The molecule has 0 fully saturated rings. The molecule has 1 unspecified atom stereocenters. The van der Waals surface area contributed by atoms with Crippen LogP contribution in [-0.4, -0.2) is 8.76 Å². The molecule has 0 aliphatic heterocycles. The molecule has 0 saturated carbocycles. The maximum absolute atomic E-state index is 9.21. The molecule has 0 spiro atoms. The molecule has 6 heteroatoms. The molecule has 0 heterocycles. The third-order valence-corrected chi connectivity index (χ3v) is 1.15. The smallest absolute Gasteiger partial charge is 0.295 e. The summed E-state index contributed by atoms with van der Waals surface area (Å²) in [5.41, 5.74) is 0. The van der Waals surface area contributed by atoms with Gasteiger partial charge in [-0.2, -0.15) is 0 Å². The normalized spacial score (nSPS) is 13.5. The van der Waals surface area contributed by atoms with Crippen LogP contribution in [0.4, 0.5) is 0 Å². The third kappa shape index (κ3) is 2.26. The highest BCUT2D eigenvalue weighted by atomic mass is 32.7. The molecule has 36 valence electrons. The lowest BCUT2D eigenvalue weighted by atomic mass is 15.9. The first-order valence-electron chi connectivity index (χ1n) is 0.897. The lowest BCUT2D eigenvalue weighted by molar-refractivity contribution is 0.515. The van der Waals surface area contributed by atoms with E-state index in [4.69, 9.17) is 4.55 Å². The average Bonchev–Trinajstić information content (AvgIpc) is 1.36. The van der Waals surface area contributed by atoms with Crippen LogP contribution in [0.3, 0.4) is 0 Å². The molecule has 0 saturated heterocycles. The van der Waals surface area contributed by atoms with Crippen LogP contribution >= 0.6 is 6.88 Å². The predicted molar refractivity (Wildman–Crippen MR) is 19.1 cm³/mol. The van der Waals surface area contributed by atoms with Crippen LogP contribution in [0.2, 0.25) is 0 Å². The maximum Gasteiger partial charge on any atom is 0.435 e. The third-order valence-electron chi connectivity index (χ3n) is 0.128. The van der Waals surface area contributed by atoms with Gasteiger partial charge >= 0.3 is 6.88 Å². The minimum Gasteiger partial charge on any atom is -0.295 e. The van der Waals surface area contributed by atoms with E-state index in [9.17, 15) is 13.3 Å². The summed E-state index contributed by atoms with van der Waals surface area (Å²) in [5, 5.41) is 0. The van der Waals surface area contributed by atoms with Crippen molar-refractivity contribution >= 4 is 17.6 Å². The lowest BCUT2D eigenvalue weighted by Gasteiger charge is -1.60. The maximum atomic E-state index is 9.21. The molecule has 0 aromatic rings. The molecular weight excluding hydrogens is 127 g/mol. The van der Waals surface area contributed by atoms with Gasteiger partial charge in [0.2, 0.25) is 0 Å². The first-order chi connectivity index (χ1) is 2.64. The molecule has 1 atom stereocenters. The molecule has 4 nitrogen and oxygen atoms in total. The van der Waals surface area contributed by atoms with Crippen molar-refractivity contribution in [3.8, 4) is 0 Å². The number of hydrogen-bond donors (Lipinski definition) is 1. The Kier molecular flexibility index (Phi) is 2.23. The summed E-state index contributed by atoms with van der Waals surface area (Å²) < 4.78 is 35.1. The Morgan fingerprint density at radius 2 is 1.67 bits per heavy atom. The van der Waals surface area contributed by atoms with Crippen LogP contribution in [-0.2, 0) is 19.8 Å². The number of rotatable bonds is 1. The van der Waals surface area contributed by atoms with E-state index in [0.717, 1.165) is 0 Å². The fourth-order valence-corrected chi connectivity index (χ4v) is 0. The summed E-state index contributed by atoms with van der Waals surface area (Å²) >= 11 is 0. The van der Waals surface area contributed by atoms with Gasteiger partial charge < -0.3 is 0 Å². The van der Waals surface area contributed by atoms with E-state index in [2.05, 4.69) is 0 Å². The van der Waals surface area contributed by atoms with Gasteiger partial charge in [0, 0.05) is 0 Å². The van der Waals surface area contributed by atoms with Crippen LogP contribution in [0.1, 0.15) is 0 Å². The fraction of sp³-hybridized carbons (Fsp3) is 0. The van der Waals surface area contributed by atoms with E-state index in [-0.39, 0.29) is 0 Å². The van der Waals surface area contributed by atoms with Gasteiger partial charge in [0.25, 0.3) is 10.7 Å². The minimum atomic E-state index is -3.13. The Labute approximate surface area is 36.4 Å². The fourth-order valence-electron chi connectivity index (χ4n) is 0. The van der Waals surface area contributed by atoms with E-state index in [1.165, 1.54) is 0 Å². The molecule has 0 aromatic carbocycles. The van der Waals surface area contributed by atoms with Gasteiger partial charge in [-0.1, -0.05) is 0 Å². The topological polar surface area (TPSA) is 71.4 Å². The average molecular weight is 128 g/mol. The van der Waals surface area contributed by atoms with Crippen molar-refractivity contribution in [3.63, 3.8) is 0 Å². The number of hydrogen-bond acceptors (Lipinski definition) is 3. The first-order valence-corrected chi connectivity index (χ1v) is 3.79. The van der Waals surface area contributed by atoms with Crippen molar-refractivity contribution in [2.24, 2.45) is 0 Å². The Bertz CT molecular complexity index is 114. The van der Waals surface area contributed by atoms with E-state index in [1.54, 1.807) is 0 Å². The van der Waals surface area contributed by atoms with Gasteiger partial charge in [-0.3, -0.25) is 4.55 Å². The molecule has 0 rings (SSSR count). The minimum absolute atomic E-state index is 2.66. The van der Waals surface area contributed by atoms with Gasteiger partial charge in [-0.05, 0) is 0 Å². The zero-order valence-corrected chi connectivity index (χ0v) is 4.24. The van der Waals surface area contributed by atoms with E-state index >= 15 is 0 Å². The van der Waals surface area contributed by atoms with E-state index in [1.807, 2.05) is 0 Å². The molecule has 1 N–H and O–H groups in total. The van der Waals surface area contributed by atoms with E-state index < -0.39 is 17.6 Å². The van der Waals surface area contributed by atoms with Crippen molar-refractivity contribution in [2.75, 3.05) is 0 Å². The Morgan fingerprint density at radius 1 is 1.50 bits per heavy atom. The Morgan fingerprint density at radius 3 is 1.67 bits per heavy atom. The van der Waals surface area contributed by atoms with Crippen molar-refractivity contribution < 1.29 is 17.9 Å². The standard InChI is InChI=1S/HO4PS/c1-5(2)6(3)4/h(H,3,4). The lowest BCUT2D eigenvalue weighted by Crippen LogP contribution is -1.65. The predicted octanol–water partition coefficient (Wildman–Crippen LogP) is 0.296. The Balaban J connectivity index is 3.94. The molecule has 0 aromatic heterocycles. The van der Waals surface area contributed by atoms with Crippen LogP contribution in [0, 0.1) is 0 Å². The SMILES string of the molecule is O=P(=O)S(=O)O. The second kappa shape index (κ2) is 2.23. The highest BCUT2D eigenvalue weighted by Crippen LogP contribution is 2.04. The molecule has 0 amide bonds. The van der Waals surface area contributed by atoms with Gasteiger partial charge in [0.05, 0.1) is 0 Å². The van der Waals surface area contributed by atoms with Crippen molar-refractivity contribution in [1.82, 2.24) is 0 Å². The second-order valence-corrected chi connectivity index (χ2v) is 3.19.